The SMILES string of the molecule is C=CCn1ncc(NCCc2ccc(N)cc2)c(Br)c1=O. The van der Waals surface area contributed by atoms with Crippen molar-refractivity contribution in [3.63, 3.8) is 0 Å². The molecule has 5 nitrogen and oxygen atoms in total. The van der Waals surface area contributed by atoms with Gasteiger partial charge in [0.1, 0.15) is 4.47 Å². The van der Waals surface area contributed by atoms with Crippen molar-refractivity contribution in [1.82, 2.24) is 9.78 Å². The van der Waals surface area contributed by atoms with Crippen molar-refractivity contribution < 1.29 is 0 Å². The molecule has 0 aliphatic heterocycles. The summed E-state index contributed by atoms with van der Waals surface area (Å²) < 4.78 is 1.83. The molecule has 2 aromatic rings. The van der Waals surface area contributed by atoms with Gasteiger partial charge in [-0.25, -0.2) is 4.68 Å². The summed E-state index contributed by atoms with van der Waals surface area (Å²) >= 11 is 3.31. The van der Waals surface area contributed by atoms with Gasteiger partial charge in [0.15, 0.2) is 0 Å². The van der Waals surface area contributed by atoms with E-state index in [9.17, 15) is 4.79 Å². The molecule has 0 radical (unpaired) electrons. The van der Waals surface area contributed by atoms with Gasteiger partial charge < -0.3 is 11.1 Å². The fourth-order valence-corrected chi connectivity index (χ4v) is 2.31. The predicted molar refractivity (Wildman–Crippen MR) is 89.4 cm³/mol. The molecule has 1 aromatic heterocycles. The summed E-state index contributed by atoms with van der Waals surface area (Å²) in [5.74, 6) is 0. The zero-order valence-corrected chi connectivity index (χ0v) is 13.1. The highest BCUT2D eigenvalue weighted by Crippen LogP contribution is 2.16. The van der Waals surface area contributed by atoms with E-state index < -0.39 is 0 Å². The second kappa shape index (κ2) is 7.08. The number of aromatic nitrogens is 2. The highest BCUT2D eigenvalue weighted by molar-refractivity contribution is 9.10. The van der Waals surface area contributed by atoms with Gasteiger partial charge in [-0.1, -0.05) is 18.2 Å². The second-order valence-electron chi connectivity index (χ2n) is 4.57. The van der Waals surface area contributed by atoms with E-state index >= 15 is 0 Å². The van der Waals surface area contributed by atoms with E-state index in [1.54, 1.807) is 12.3 Å². The van der Waals surface area contributed by atoms with Crippen LogP contribution in [0.5, 0.6) is 0 Å². The van der Waals surface area contributed by atoms with Gasteiger partial charge >= 0.3 is 0 Å². The smallest absolute Gasteiger partial charge is 0.283 e. The van der Waals surface area contributed by atoms with Crippen LogP contribution < -0.4 is 16.6 Å². The highest BCUT2D eigenvalue weighted by atomic mass is 79.9. The fraction of sp³-hybridized carbons (Fsp3) is 0.200. The Morgan fingerprint density at radius 2 is 2.10 bits per heavy atom. The fourth-order valence-electron chi connectivity index (χ4n) is 1.87. The first-order valence-corrected chi connectivity index (χ1v) is 7.36. The molecule has 0 fully saturated rings. The molecule has 0 amide bonds. The molecule has 6 heteroatoms. The lowest BCUT2D eigenvalue weighted by atomic mass is 10.1. The van der Waals surface area contributed by atoms with Crippen LogP contribution in [0.3, 0.4) is 0 Å². The second-order valence-corrected chi connectivity index (χ2v) is 5.36. The molecule has 1 aromatic carbocycles. The van der Waals surface area contributed by atoms with Crippen molar-refractivity contribution in [2.75, 3.05) is 17.6 Å². The van der Waals surface area contributed by atoms with Crippen LogP contribution in [0.2, 0.25) is 0 Å². The summed E-state index contributed by atoms with van der Waals surface area (Å²) in [5, 5.41) is 7.30. The van der Waals surface area contributed by atoms with Crippen LogP contribution in [0.25, 0.3) is 0 Å². The standard InChI is InChI=1S/C15H17BrN4O/c1-2-9-20-15(21)14(16)13(10-19-20)18-8-7-11-3-5-12(17)6-4-11/h2-6,10,18H,1,7-9,17H2. The van der Waals surface area contributed by atoms with Gasteiger partial charge in [0.25, 0.3) is 5.56 Å². The van der Waals surface area contributed by atoms with E-state index in [0.717, 1.165) is 12.1 Å². The first kappa shape index (κ1) is 15.3. The molecule has 0 spiro atoms. The minimum Gasteiger partial charge on any atom is -0.399 e. The van der Waals surface area contributed by atoms with Gasteiger partial charge in [0.05, 0.1) is 18.4 Å². The number of nitrogen functional groups attached to an aromatic ring is 1. The van der Waals surface area contributed by atoms with Gasteiger partial charge in [0.2, 0.25) is 0 Å². The Labute approximate surface area is 131 Å². The maximum absolute atomic E-state index is 12.0. The highest BCUT2D eigenvalue weighted by Gasteiger charge is 2.07. The summed E-state index contributed by atoms with van der Waals surface area (Å²) in [4.78, 5) is 12.0. The van der Waals surface area contributed by atoms with Crippen LogP contribution >= 0.6 is 15.9 Å². The molecule has 0 aliphatic carbocycles. The normalized spacial score (nSPS) is 10.3. The quantitative estimate of drug-likeness (QED) is 0.621. The lowest BCUT2D eigenvalue weighted by Crippen LogP contribution is -2.24. The molecular formula is C15H17BrN4O. The zero-order valence-electron chi connectivity index (χ0n) is 11.6. The molecule has 0 atom stereocenters. The van der Waals surface area contributed by atoms with Crippen LogP contribution in [0.1, 0.15) is 5.56 Å². The first-order valence-electron chi connectivity index (χ1n) is 6.56. The molecule has 3 N–H and O–H groups in total. The lowest BCUT2D eigenvalue weighted by molar-refractivity contribution is 0.649. The monoisotopic (exact) mass is 348 g/mol. The zero-order chi connectivity index (χ0) is 15.2. The summed E-state index contributed by atoms with van der Waals surface area (Å²) in [6.45, 7) is 4.69. The van der Waals surface area contributed by atoms with Crippen LogP contribution in [0.15, 0.2) is 52.4 Å². The first-order chi connectivity index (χ1) is 10.1. The Morgan fingerprint density at radius 1 is 1.38 bits per heavy atom. The van der Waals surface area contributed by atoms with Gasteiger partial charge in [-0.05, 0) is 40.0 Å². The lowest BCUT2D eigenvalue weighted by Gasteiger charge is -2.09. The van der Waals surface area contributed by atoms with Gasteiger partial charge in [-0.15, -0.1) is 6.58 Å². The summed E-state index contributed by atoms with van der Waals surface area (Å²) in [7, 11) is 0. The number of nitrogens with one attached hydrogen (secondary N) is 1. The molecule has 21 heavy (non-hydrogen) atoms. The number of nitrogens with two attached hydrogens (primary N) is 1. The van der Waals surface area contributed by atoms with E-state index in [4.69, 9.17) is 5.73 Å². The molecule has 0 aliphatic rings. The van der Waals surface area contributed by atoms with Crippen molar-refractivity contribution in [2.45, 2.75) is 13.0 Å². The number of nitrogens with zero attached hydrogens (tertiary/aromatic N) is 2. The number of rotatable bonds is 6. The van der Waals surface area contributed by atoms with E-state index in [-0.39, 0.29) is 5.56 Å². The van der Waals surface area contributed by atoms with Crippen molar-refractivity contribution in [1.29, 1.82) is 0 Å². The van der Waals surface area contributed by atoms with Crippen molar-refractivity contribution >= 4 is 27.3 Å². The topological polar surface area (TPSA) is 72.9 Å². The molecule has 0 unspecified atom stereocenters. The van der Waals surface area contributed by atoms with E-state index in [2.05, 4.69) is 32.9 Å². The molecule has 1 heterocycles. The van der Waals surface area contributed by atoms with Crippen LogP contribution in [-0.2, 0) is 13.0 Å². The predicted octanol–water partition coefficient (Wildman–Crippen LogP) is 2.43. The van der Waals surface area contributed by atoms with E-state index in [1.807, 2.05) is 24.3 Å². The molecular weight excluding hydrogens is 332 g/mol. The average molecular weight is 349 g/mol. The summed E-state index contributed by atoms with van der Waals surface area (Å²) in [5.41, 5.74) is 8.10. The number of hydrogen-bond donors (Lipinski definition) is 2. The van der Waals surface area contributed by atoms with Crippen molar-refractivity contribution in [3.8, 4) is 0 Å². The molecule has 0 saturated carbocycles. The summed E-state index contributed by atoms with van der Waals surface area (Å²) in [6.07, 6.45) is 4.11. The maximum atomic E-state index is 12.0. The summed E-state index contributed by atoms with van der Waals surface area (Å²) in [6, 6.07) is 7.74. The third kappa shape index (κ3) is 3.95. The maximum Gasteiger partial charge on any atom is 0.283 e. The van der Waals surface area contributed by atoms with Gasteiger partial charge in [-0.3, -0.25) is 4.79 Å². The van der Waals surface area contributed by atoms with E-state index in [0.29, 0.717) is 23.2 Å². The Bertz CT molecular complexity index is 679. The third-order valence-corrected chi connectivity index (χ3v) is 3.76. The molecule has 0 bridgehead atoms. The molecule has 110 valence electrons. The molecule has 0 saturated heterocycles. The van der Waals surface area contributed by atoms with Crippen LogP contribution in [0, 0.1) is 0 Å². The Hall–Kier alpha value is -2.08. The Balaban J connectivity index is 2.00. The minimum atomic E-state index is -0.174. The largest absolute Gasteiger partial charge is 0.399 e. The minimum absolute atomic E-state index is 0.174. The number of hydrogen-bond acceptors (Lipinski definition) is 4. The van der Waals surface area contributed by atoms with Gasteiger partial charge in [0, 0.05) is 12.2 Å². The van der Waals surface area contributed by atoms with Crippen LogP contribution in [0.4, 0.5) is 11.4 Å². The Morgan fingerprint density at radius 3 is 2.76 bits per heavy atom. The van der Waals surface area contributed by atoms with Crippen molar-refractivity contribution in [3.05, 3.63) is 63.5 Å². The number of benzene rings is 1. The molecule has 2 rings (SSSR count). The number of allylic oxidation sites excluding steroid dienone is 1. The number of halogens is 1. The van der Waals surface area contributed by atoms with Crippen LogP contribution in [-0.4, -0.2) is 16.3 Å². The third-order valence-electron chi connectivity index (χ3n) is 3.00. The number of anilines is 2. The average Bonchev–Trinajstić information content (AvgIpc) is 2.48. The van der Waals surface area contributed by atoms with Crippen molar-refractivity contribution in [2.24, 2.45) is 0 Å². The van der Waals surface area contributed by atoms with Gasteiger partial charge in [-0.2, -0.15) is 5.10 Å². The van der Waals surface area contributed by atoms with E-state index in [1.165, 1.54) is 10.2 Å². The Kier molecular flexibility index (Phi) is 5.16.